The van der Waals surface area contributed by atoms with Crippen molar-refractivity contribution in [3.05, 3.63) is 139 Å². The van der Waals surface area contributed by atoms with Crippen LogP contribution in [0, 0.1) is 6.92 Å². The summed E-state index contributed by atoms with van der Waals surface area (Å²) in [5, 5.41) is 2.43. The molecule has 4 heteroatoms. The van der Waals surface area contributed by atoms with Gasteiger partial charge in [0.05, 0.1) is 0 Å². The monoisotopic (exact) mass is 534 g/mol. The molecule has 7 aromatic rings. The molecule has 2 heterocycles. The van der Waals surface area contributed by atoms with E-state index in [1.165, 1.54) is 27.4 Å². The van der Waals surface area contributed by atoms with Gasteiger partial charge in [-0.2, -0.15) is 0 Å². The normalized spacial score (nSPS) is 10.4. The number of aryl methyl sites for hydroxylation is 2. The van der Waals surface area contributed by atoms with Crippen LogP contribution in [0.4, 0.5) is 0 Å². The van der Waals surface area contributed by atoms with Crippen LogP contribution < -0.4 is 0 Å². The molecule has 0 amide bonds. The predicted octanol–water partition coefficient (Wildman–Crippen LogP) is 9.54. The van der Waals surface area contributed by atoms with Gasteiger partial charge in [-0.3, -0.25) is 0 Å². The maximum atomic E-state index is 4.86. The lowest BCUT2D eigenvalue weighted by Gasteiger charge is -2.08. The fraction of sp³-hybridized carbons (Fsp3) is 0.108. The summed E-state index contributed by atoms with van der Waals surface area (Å²) in [5.74, 6) is 2.02. The van der Waals surface area contributed by atoms with Crippen molar-refractivity contribution in [3.8, 4) is 34.2 Å². The molecule has 202 valence electrons. The second kappa shape index (κ2) is 12.8. The predicted molar refractivity (Wildman–Crippen MR) is 173 cm³/mol. The quantitative estimate of drug-likeness (QED) is 0.227. The Balaban J connectivity index is 0.000000326. The standard InChI is InChI=1S/C28H20N4.C7H8.C2H6/c1-32-24-15-9-8-14-22(24)23-18-21(16-17-25(23)32)28-30-26(19-10-4-2-5-11-19)29-27(31-28)20-12-6-3-7-13-20;1-7-5-3-2-4-6-7;1-2/h2-18H,1H3;2-6H,1H3;1-2H3. The number of benzene rings is 5. The van der Waals surface area contributed by atoms with Crippen LogP contribution in [0.25, 0.3) is 56.0 Å². The Morgan fingerprint density at radius 2 is 0.878 bits per heavy atom. The van der Waals surface area contributed by atoms with E-state index in [0.717, 1.165) is 16.7 Å². The summed E-state index contributed by atoms with van der Waals surface area (Å²) in [6.45, 7) is 6.08. The summed E-state index contributed by atoms with van der Waals surface area (Å²) in [6, 6.07) is 45.3. The number of para-hydroxylation sites is 1. The summed E-state index contributed by atoms with van der Waals surface area (Å²) in [6.07, 6.45) is 0. The van der Waals surface area contributed by atoms with Gasteiger partial charge < -0.3 is 4.57 Å². The van der Waals surface area contributed by atoms with E-state index in [2.05, 4.69) is 73.1 Å². The number of aromatic nitrogens is 4. The highest BCUT2D eigenvalue weighted by Crippen LogP contribution is 2.32. The Morgan fingerprint density at radius 3 is 1.39 bits per heavy atom. The van der Waals surface area contributed by atoms with Crippen molar-refractivity contribution >= 4 is 21.8 Å². The molecular weight excluding hydrogens is 500 g/mol. The van der Waals surface area contributed by atoms with E-state index in [0.29, 0.717) is 17.5 Å². The second-order valence-electron chi connectivity index (χ2n) is 9.50. The molecule has 0 unspecified atom stereocenters. The first-order chi connectivity index (χ1) is 20.2. The summed E-state index contributed by atoms with van der Waals surface area (Å²) < 4.78 is 2.23. The van der Waals surface area contributed by atoms with E-state index >= 15 is 0 Å². The van der Waals surface area contributed by atoms with Crippen LogP contribution in [0.1, 0.15) is 19.4 Å². The van der Waals surface area contributed by atoms with Crippen molar-refractivity contribution < 1.29 is 0 Å². The first-order valence-corrected chi connectivity index (χ1v) is 14.0. The molecule has 0 saturated carbocycles. The average molecular weight is 535 g/mol. The van der Waals surface area contributed by atoms with E-state index in [1.54, 1.807) is 0 Å². The maximum Gasteiger partial charge on any atom is 0.164 e. The highest BCUT2D eigenvalue weighted by atomic mass is 15.0. The molecule has 7 rings (SSSR count). The summed E-state index contributed by atoms with van der Waals surface area (Å²) in [7, 11) is 2.11. The van der Waals surface area contributed by atoms with Gasteiger partial charge in [-0.05, 0) is 31.2 Å². The summed E-state index contributed by atoms with van der Waals surface area (Å²) in [4.78, 5) is 14.5. The van der Waals surface area contributed by atoms with Gasteiger partial charge in [0.15, 0.2) is 17.5 Å². The van der Waals surface area contributed by atoms with E-state index in [1.807, 2.05) is 92.7 Å². The van der Waals surface area contributed by atoms with Gasteiger partial charge in [0, 0.05) is 45.5 Å². The van der Waals surface area contributed by atoms with Crippen LogP contribution in [-0.4, -0.2) is 19.5 Å². The fourth-order valence-corrected chi connectivity index (χ4v) is 4.78. The maximum absolute atomic E-state index is 4.86. The molecule has 5 aromatic carbocycles. The lowest BCUT2D eigenvalue weighted by atomic mass is 10.1. The SMILES string of the molecule is CC.Cc1ccccc1.Cn1c2ccccc2c2cc(-c3nc(-c4ccccc4)nc(-c4ccccc4)n3)ccc21. The largest absolute Gasteiger partial charge is 0.344 e. The Labute approximate surface area is 242 Å². The van der Waals surface area contributed by atoms with Crippen molar-refractivity contribution in [1.82, 2.24) is 19.5 Å². The van der Waals surface area contributed by atoms with Gasteiger partial charge in [0.2, 0.25) is 0 Å². The van der Waals surface area contributed by atoms with Gasteiger partial charge >= 0.3 is 0 Å². The van der Waals surface area contributed by atoms with Gasteiger partial charge in [-0.15, -0.1) is 0 Å². The molecule has 0 atom stereocenters. The van der Waals surface area contributed by atoms with Gasteiger partial charge in [-0.25, -0.2) is 15.0 Å². The van der Waals surface area contributed by atoms with Crippen molar-refractivity contribution in [3.63, 3.8) is 0 Å². The van der Waals surface area contributed by atoms with Crippen LogP contribution >= 0.6 is 0 Å². The van der Waals surface area contributed by atoms with Crippen LogP contribution in [-0.2, 0) is 7.05 Å². The molecule has 0 radical (unpaired) electrons. The topological polar surface area (TPSA) is 43.6 Å². The highest BCUT2D eigenvalue weighted by molar-refractivity contribution is 6.09. The van der Waals surface area contributed by atoms with E-state index in [4.69, 9.17) is 15.0 Å². The molecule has 0 aliphatic heterocycles. The Bertz CT molecular complexity index is 1800. The lowest BCUT2D eigenvalue weighted by Crippen LogP contribution is -2.00. The van der Waals surface area contributed by atoms with Crippen LogP contribution in [0.3, 0.4) is 0 Å². The zero-order valence-electron chi connectivity index (χ0n) is 24.0. The molecule has 0 saturated heterocycles. The third-order valence-electron chi connectivity index (χ3n) is 6.81. The van der Waals surface area contributed by atoms with Crippen molar-refractivity contribution in [1.29, 1.82) is 0 Å². The van der Waals surface area contributed by atoms with Crippen LogP contribution in [0.2, 0.25) is 0 Å². The van der Waals surface area contributed by atoms with Crippen molar-refractivity contribution in [2.24, 2.45) is 7.05 Å². The first-order valence-electron chi connectivity index (χ1n) is 14.0. The molecule has 0 bridgehead atoms. The second-order valence-corrected chi connectivity index (χ2v) is 9.50. The third kappa shape index (κ3) is 6.07. The molecule has 0 spiro atoms. The number of hydrogen-bond donors (Lipinski definition) is 0. The molecule has 0 aliphatic rings. The number of fused-ring (bicyclic) bond motifs is 3. The van der Waals surface area contributed by atoms with Crippen molar-refractivity contribution in [2.45, 2.75) is 20.8 Å². The minimum atomic E-state index is 0.674. The Hall–Kier alpha value is -5.09. The zero-order valence-corrected chi connectivity index (χ0v) is 24.0. The minimum absolute atomic E-state index is 0.674. The lowest BCUT2D eigenvalue weighted by molar-refractivity contribution is 1.01. The third-order valence-corrected chi connectivity index (χ3v) is 6.81. The van der Waals surface area contributed by atoms with Gasteiger partial charge in [0.25, 0.3) is 0 Å². The molecule has 0 fully saturated rings. The first kappa shape index (κ1) is 27.5. The molecule has 2 aromatic heterocycles. The summed E-state index contributed by atoms with van der Waals surface area (Å²) in [5.41, 5.74) is 6.65. The fourth-order valence-electron chi connectivity index (χ4n) is 4.78. The van der Waals surface area contributed by atoms with Crippen LogP contribution in [0.5, 0.6) is 0 Å². The highest BCUT2D eigenvalue weighted by Gasteiger charge is 2.14. The van der Waals surface area contributed by atoms with E-state index in [9.17, 15) is 0 Å². The Morgan fingerprint density at radius 1 is 0.439 bits per heavy atom. The Kier molecular flexibility index (Phi) is 8.61. The smallest absolute Gasteiger partial charge is 0.164 e. The number of rotatable bonds is 3. The number of hydrogen-bond acceptors (Lipinski definition) is 3. The average Bonchev–Trinajstić information content (AvgIpc) is 3.34. The summed E-state index contributed by atoms with van der Waals surface area (Å²) >= 11 is 0. The molecule has 0 aliphatic carbocycles. The molecule has 4 nitrogen and oxygen atoms in total. The van der Waals surface area contributed by atoms with E-state index in [-0.39, 0.29) is 0 Å². The van der Waals surface area contributed by atoms with Gasteiger partial charge in [0.1, 0.15) is 0 Å². The molecule has 41 heavy (non-hydrogen) atoms. The minimum Gasteiger partial charge on any atom is -0.344 e. The molecular formula is C37H34N4. The molecule has 0 N–H and O–H groups in total. The van der Waals surface area contributed by atoms with Crippen molar-refractivity contribution in [2.75, 3.05) is 0 Å². The number of nitrogens with zero attached hydrogens (tertiary/aromatic N) is 4. The zero-order chi connectivity index (χ0) is 28.6. The van der Waals surface area contributed by atoms with E-state index < -0.39 is 0 Å². The van der Waals surface area contributed by atoms with Gasteiger partial charge in [-0.1, -0.05) is 129 Å². The van der Waals surface area contributed by atoms with Crippen LogP contribution in [0.15, 0.2) is 133 Å².